The summed E-state index contributed by atoms with van der Waals surface area (Å²) in [4.78, 5) is 5.22. The second-order valence-corrected chi connectivity index (χ2v) is 4.31. The molecule has 0 bridgehead atoms. The molecule has 88 valence electrons. The third-order valence-corrected chi connectivity index (χ3v) is 3.18. The average molecular weight is 236 g/mol. The van der Waals surface area contributed by atoms with E-state index in [-0.39, 0.29) is 0 Å². The molecule has 1 aromatic rings. The van der Waals surface area contributed by atoms with Crippen LogP contribution in [-0.2, 0) is 0 Å². The lowest BCUT2D eigenvalue weighted by Gasteiger charge is -2.22. The Kier molecular flexibility index (Phi) is 4.74. The Balaban J connectivity index is 2.85. The molecule has 1 aromatic carbocycles. The SMILES string of the molecule is CCN(CC)C(=S)c1ccc(N(C)C)cc1. The molecule has 1 rings (SSSR count). The van der Waals surface area contributed by atoms with Gasteiger partial charge < -0.3 is 9.80 Å². The summed E-state index contributed by atoms with van der Waals surface area (Å²) in [5.41, 5.74) is 2.33. The van der Waals surface area contributed by atoms with Crippen molar-refractivity contribution in [2.45, 2.75) is 13.8 Å². The fraction of sp³-hybridized carbons (Fsp3) is 0.462. The molecule has 16 heavy (non-hydrogen) atoms. The van der Waals surface area contributed by atoms with E-state index in [2.05, 4.69) is 47.9 Å². The molecule has 0 aliphatic rings. The van der Waals surface area contributed by atoms with Gasteiger partial charge >= 0.3 is 0 Å². The van der Waals surface area contributed by atoms with E-state index < -0.39 is 0 Å². The second-order valence-electron chi connectivity index (χ2n) is 3.92. The van der Waals surface area contributed by atoms with Crippen LogP contribution in [0, 0.1) is 0 Å². The third kappa shape index (κ3) is 2.95. The van der Waals surface area contributed by atoms with E-state index in [1.807, 2.05) is 14.1 Å². The predicted molar refractivity (Wildman–Crippen MR) is 75.4 cm³/mol. The van der Waals surface area contributed by atoms with E-state index in [0.29, 0.717) is 0 Å². The number of thiocarbonyl (C=S) groups is 1. The lowest BCUT2D eigenvalue weighted by Crippen LogP contribution is -2.29. The molecular formula is C13H20N2S. The summed E-state index contributed by atoms with van der Waals surface area (Å²) >= 11 is 5.46. The van der Waals surface area contributed by atoms with Crippen LogP contribution in [0.2, 0.25) is 0 Å². The van der Waals surface area contributed by atoms with Crippen molar-refractivity contribution >= 4 is 22.9 Å². The van der Waals surface area contributed by atoms with Gasteiger partial charge in [0.05, 0.1) is 0 Å². The Morgan fingerprint density at radius 1 is 1.06 bits per heavy atom. The molecule has 0 saturated heterocycles. The zero-order valence-electron chi connectivity index (χ0n) is 10.5. The summed E-state index contributed by atoms with van der Waals surface area (Å²) < 4.78 is 0. The summed E-state index contributed by atoms with van der Waals surface area (Å²) in [6.45, 7) is 6.18. The molecule has 0 radical (unpaired) electrons. The first-order valence-corrected chi connectivity index (χ1v) is 6.07. The fourth-order valence-electron chi connectivity index (χ4n) is 1.60. The highest BCUT2D eigenvalue weighted by atomic mass is 32.1. The maximum atomic E-state index is 5.46. The van der Waals surface area contributed by atoms with Crippen LogP contribution in [0.1, 0.15) is 19.4 Å². The Morgan fingerprint density at radius 2 is 1.56 bits per heavy atom. The van der Waals surface area contributed by atoms with Gasteiger partial charge in [0.15, 0.2) is 0 Å². The van der Waals surface area contributed by atoms with Crippen LogP contribution in [0.4, 0.5) is 5.69 Å². The first-order valence-electron chi connectivity index (χ1n) is 5.66. The molecule has 0 atom stereocenters. The third-order valence-electron chi connectivity index (χ3n) is 2.68. The van der Waals surface area contributed by atoms with Crippen LogP contribution in [0.25, 0.3) is 0 Å². The van der Waals surface area contributed by atoms with Gasteiger partial charge in [0.25, 0.3) is 0 Å². The van der Waals surface area contributed by atoms with Crippen LogP contribution < -0.4 is 4.90 Å². The van der Waals surface area contributed by atoms with Gasteiger partial charge in [-0.05, 0) is 38.1 Å². The van der Waals surface area contributed by atoms with Gasteiger partial charge in [-0.2, -0.15) is 0 Å². The molecule has 2 nitrogen and oxygen atoms in total. The molecule has 0 amide bonds. The van der Waals surface area contributed by atoms with E-state index in [0.717, 1.165) is 23.6 Å². The topological polar surface area (TPSA) is 6.48 Å². The Labute approximate surface area is 104 Å². The molecule has 0 N–H and O–H groups in total. The molecule has 0 aliphatic heterocycles. The zero-order valence-corrected chi connectivity index (χ0v) is 11.3. The summed E-state index contributed by atoms with van der Waals surface area (Å²) in [5, 5.41) is 0. The minimum absolute atomic E-state index is 0.940. The molecule has 0 aliphatic carbocycles. The number of rotatable bonds is 4. The zero-order chi connectivity index (χ0) is 12.1. The van der Waals surface area contributed by atoms with Crippen molar-refractivity contribution in [1.82, 2.24) is 4.90 Å². The monoisotopic (exact) mass is 236 g/mol. The van der Waals surface area contributed by atoms with Crippen LogP contribution in [0.3, 0.4) is 0 Å². The normalized spacial score (nSPS) is 10.0. The lowest BCUT2D eigenvalue weighted by molar-refractivity contribution is 0.475. The number of benzene rings is 1. The Hall–Kier alpha value is -1.09. The van der Waals surface area contributed by atoms with E-state index in [1.54, 1.807) is 0 Å². The van der Waals surface area contributed by atoms with Crippen molar-refractivity contribution < 1.29 is 0 Å². The summed E-state index contributed by atoms with van der Waals surface area (Å²) in [6.07, 6.45) is 0. The highest BCUT2D eigenvalue weighted by Crippen LogP contribution is 2.14. The molecule has 3 heteroatoms. The summed E-state index contributed by atoms with van der Waals surface area (Å²) in [5.74, 6) is 0. The number of nitrogens with zero attached hydrogens (tertiary/aromatic N) is 2. The fourth-order valence-corrected chi connectivity index (χ4v) is 1.99. The van der Waals surface area contributed by atoms with Crippen molar-refractivity contribution in [2.75, 3.05) is 32.1 Å². The smallest absolute Gasteiger partial charge is 0.109 e. The van der Waals surface area contributed by atoms with Gasteiger partial charge in [0.2, 0.25) is 0 Å². The maximum Gasteiger partial charge on any atom is 0.109 e. The highest BCUT2D eigenvalue weighted by molar-refractivity contribution is 7.80. The minimum atomic E-state index is 0.940. The highest BCUT2D eigenvalue weighted by Gasteiger charge is 2.07. The number of hydrogen-bond acceptors (Lipinski definition) is 2. The van der Waals surface area contributed by atoms with Crippen molar-refractivity contribution in [3.63, 3.8) is 0 Å². The average Bonchev–Trinajstić information content (AvgIpc) is 2.30. The van der Waals surface area contributed by atoms with Gasteiger partial charge in [-0.25, -0.2) is 0 Å². The summed E-state index contributed by atoms with van der Waals surface area (Å²) in [7, 11) is 4.08. The number of anilines is 1. The van der Waals surface area contributed by atoms with Gasteiger partial charge in [-0.1, -0.05) is 12.2 Å². The van der Waals surface area contributed by atoms with E-state index >= 15 is 0 Å². The van der Waals surface area contributed by atoms with Gasteiger partial charge in [-0.15, -0.1) is 0 Å². The molecule has 0 saturated carbocycles. The molecule has 0 heterocycles. The molecule has 0 fully saturated rings. The van der Waals surface area contributed by atoms with Gasteiger partial charge in [-0.3, -0.25) is 0 Å². The molecule has 0 spiro atoms. The molecule has 0 aromatic heterocycles. The van der Waals surface area contributed by atoms with Crippen LogP contribution >= 0.6 is 12.2 Å². The summed E-state index contributed by atoms with van der Waals surface area (Å²) in [6, 6.07) is 8.39. The van der Waals surface area contributed by atoms with Crippen LogP contribution in [-0.4, -0.2) is 37.1 Å². The van der Waals surface area contributed by atoms with Gasteiger partial charge in [0, 0.05) is 38.4 Å². The van der Waals surface area contributed by atoms with Crippen molar-refractivity contribution in [3.05, 3.63) is 29.8 Å². The van der Waals surface area contributed by atoms with Crippen molar-refractivity contribution in [1.29, 1.82) is 0 Å². The largest absolute Gasteiger partial charge is 0.378 e. The van der Waals surface area contributed by atoms with Gasteiger partial charge in [0.1, 0.15) is 4.99 Å². The predicted octanol–water partition coefficient (Wildman–Crippen LogP) is 2.77. The lowest BCUT2D eigenvalue weighted by atomic mass is 10.2. The van der Waals surface area contributed by atoms with Crippen molar-refractivity contribution in [2.24, 2.45) is 0 Å². The number of hydrogen-bond donors (Lipinski definition) is 0. The molecule has 0 unspecified atom stereocenters. The Morgan fingerprint density at radius 3 is 1.94 bits per heavy atom. The van der Waals surface area contributed by atoms with Crippen LogP contribution in [0.5, 0.6) is 0 Å². The standard InChI is InChI=1S/C13H20N2S/c1-5-15(6-2)13(16)11-7-9-12(10-8-11)14(3)4/h7-10H,5-6H2,1-4H3. The minimum Gasteiger partial charge on any atom is -0.378 e. The maximum absolute atomic E-state index is 5.46. The van der Waals surface area contributed by atoms with Crippen molar-refractivity contribution in [3.8, 4) is 0 Å². The van der Waals surface area contributed by atoms with Crippen LogP contribution in [0.15, 0.2) is 24.3 Å². The van der Waals surface area contributed by atoms with E-state index in [9.17, 15) is 0 Å². The molecular weight excluding hydrogens is 216 g/mol. The van der Waals surface area contributed by atoms with E-state index in [1.165, 1.54) is 5.69 Å². The quantitative estimate of drug-likeness (QED) is 0.742. The second kappa shape index (κ2) is 5.85. The first kappa shape index (κ1) is 13.0. The Bertz CT molecular complexity index is 339. The van der Waals surface area contributed by atoms with E-state index in [4.69, 9.17) is 12.2 Å². The first-order chi connectivity index (χ1) is 7.60.